The molecular formula is C14H12BrNOS. The summed E-state index contributed by atoms with van der Waals surface area (Å²) in [6.07, 6.45) is 2.61. The second-order valence-electron chi connectivity index (χ2n) is 4.53. The fraction of sp³-hybridized carbons (Fsp3) is 0.286. The number of Topliss-reactive ketones (excluding diaryl/α,β-unsaturated/α-hetero) is 1. The molecule has 0 saturated carbocycles. The molecular weight excluding hydrogens is 310 g/mol. The van der Waals surface area contributed by atoms with Crippen LogP contribution in [-0.2, 0) is 6.42 Å². The predicted molar refractivity (Wildman–Crippen MR) is 77.3 cm³/mol. The average molecular weight is 322 g/mol. The van der Waals surface area contributed by atoms with Crippen LogP contribution in [-0.4, -0.2) is 10.8 Å². The Bertz CT molecular complexity index is 633. The number of carbonyl (C=O) groups is 1. The fourth-order valence-electron chi connectivity index (χ4n) is 2.25. The molecule has 1 heterocycles. The molecule has 1 aromatic carbocycles. The number of carbonyl (C=O) groups excluding carboxylic acids is 1. The molecule has 0 unspecified atom stereocenters. The Labute approximate surface area is 118 Å². The Morgan fingerprint density at radius 1 is 1.33 bits per heavy atom. The molecule has 1 aromatic heterocycles. The quantitative estimate of drug-likeness (QED) is 0.779. The lowest BCUT2D eigenvalue weighted by molar-refractivity contribution is 0.0968. The van der Waals surface area contributed by atoms with Gasteiger partial charge in [0.2, 0.25) is 0 Å². The monoisotopic (exact) mass is 321 g/mol. The zero-order chi connectivity index (χ0) is 12.7. The number of nitrogens with zero attached hydrogens (tertiary/aromatic N) is 1. The van der Waals surface area contributed by atoms with E-state index in [1.807, 2.05) is 6.07 Å². The first-order valence-electron chi connectivity index (χ1n) is 5.94. The zero-order valence-corrected chi connectivity index (χ0v) is 12.4. The highest BCUT2D eigenvalue weighted by Gasteiger charge is 2.23. The van der Waals surface area contributed by atoms with Crippen LogP contribution in [0.2, 0.25) is 0 Å². The third kappa shape index (κ3) is 2.04. The first-order valence-corrected chi connectivity index (χ1v) is 7.55. The van der Waals surface area contributed by atoms with Gasteiger partial charge in [-0.15, -0.1) is 11.3 Å². The molecule has 0 aliphatic heterocycles. The van der Waals surface area contributed by atoms with Crippen molar-refractivity contribution in [2.45, 2.75) is 26.2 Å². The van der Waals surface area contributed by atoms with Gasteiger partial charge in [-0.05, 0) is 37.5 Å². The van der Waals surface area contributed by atoms with Crippen LogP contribution in [0.25, 0.3) is 10.6 Å². The molecule has 92 valence electrons. The summed E-state index contributed by atoms with van der Waals surface area (Å²) in [5, 5.41) is 0.972. The molecule has 0 atom stereocenters. The second-order valence-corrected chi connectivity index (χ2v) is 6.53. The number of ketones is 1. The molecule has 0 amide bonds. The summed E-state index contributed by atoms with van der Waals surface area (Å²) in [7, 11) is 0. The van der Waals surface area contributed by atoms with Crippen molar-refractivity contribution < 1.29 is 4.79 Å². The van der Waals surface area contributed by atoms with E-state index in [0.717, 1.165) is 32.8 Å². The maximum atomic E-state index is 11.8. The summed E-state index contributed by atoms with van der Waals surface area (Å²) in [4.78, 5) is 17.5. The SMILES string of the molecule is Cc1cc(Br)ccc1-c1nc2c(s1)CCCC2=O. The summed E-state index contributed by atoms with van der Waals surface area (Å²) in [5.74, 6) is 0.202. The van der Waals surface area contributed by atoms with Crippen LogP contribution in [0, 0.1) is 6.92 Å². The third-order valence-corrected chi connectivity index (χ3v) is 4.83. The van der Waals surface area contributed by atoms with E-state index in [-0.39, 0.29) is 5.78 Å². The number of halogens is 1. The molecule has 0 radical (unpaired) electrons. The van der Waals surface area contributed by atoms with Crippen LogP contribution in [0.15, 0.2) is 22.7 Å². The molecule has 0 fully saturated rings. The van der Waals surface area contributed by atoms with Gasteiger partial charge in [0, 0.05) is 21.3 Å². The lowest BCUT2D eigenvalue weighted by atomic mass is 10.0. The van der Waals surface area contributed by atoms with Gasteiger partial charge in [-0.25, -0.2) is 4.98 Å². The summed E-state index contributed by atoms with van der Waals surface area (Å²) >= 11 is 5.13. The number of rotatable bonds is 1. The van der Waals surface area contributed by atoms with E-state index in [4.69, 9.17) is 0 Å². The van der Waals surface area contributed by atoms with Crippen LogP contribution >= 0.6 is 27.3 Å². The number of benzene rings is 1. The standard InChI is InChI=1S/C14H12BrNOS/c1-8-7-9(15)5-6-10(8)14-16-13-11(17)3-2-4-12(13)18-14/h5-7H,2-4H2,1H3. The highest BCUT2D eigenvalue weighted by molar-refractivity contribution is 9.10. The number of aryl methyl sites for hydroxylation is 2. The van der Waals surface area contributed by atoms with Crippen molar-refractivity contribution in [2.75, 3.05) is 0 Å². The molecule has 3 rings (SSSR count). The summed E-state index contributed by atoms with van der Waals surface area (Å²) in [5.41, 5.74) is 3.02. The number of aromatic nitrogens is 1. The smallest absolute Gasteiger partial charge is 0.182 e. The van der Waals surface area contributed by atoms with Crippen molar-refractivity contribution >= 4 is 33.0 Å². The lowest BCUT2D eigenvalue weighted by Gasteiger charge is -2.06. The van der Waals surface area contributed by atoms with Gasteiger partial charge in [-0.2, -0.15) is 0 Å². The highest BCUT2D eigenvalue weighted by atomic mass is 79.9. The number of hydrogen-bond acceptors (Lipinski definition) is 3. The minimum atomic E-state index is 0.202. The minimum absolute atomic E-state index is 0.202. The van der Waals surface area contributed by atoms with E-state index >= 15 is 0 Å². The Morgan fingerprint density at radius 2 is 2.17 bits per heavy atom. The first-order chi connectivity index (χ1) is 8.65. The van der Waals surface area contributed by atoms with Crippen molar-refractivity contribution in [3.05, 3.63) is 38.8 Å². The van der Waals surface area contributed by atoms with E-state index in [2.05, 4.69) is 40.0 Å². The Hall–Kier alpha value is -1.00. The number of thiazole rings is 1. The largest absolute Gasteiger partial charge is 0.292 e. The maximum Gasteiger partial charge on any atom is 0.182 e. The molecule has 1 aliphatic rings. The number of hydrogen-bond donors (Lipinski definition) is 0. The van der Waals surface area contributed by atoms with Crippen LogP contribution < -0.4 is 0 Å². The molecule has 0 spiro atoms. The van der Waals surface area contributed by atoms with Crippen molar-refractivity contribution in [3.8, 4) is 10.6 Å². The van der Waals surface area contributed by atoms with E-state index in [1.165, 1.54) is 5.56 Å². The summed E-state index contributed by atoms with van der Waals surface area (Å²) in [6.45, 7) is 2.07. The summed E-state index contributed by atoms with van der Waals surface area (Å²) < 4.78 is 1.07. The molecule has 1 aliphatic carbocycles. The molecule has 0 bridgehead atoms. The Kier molecular flexibility index (Phi) is 3.08. The van der Waals surface area contributed by atoms with Gasteiger partial charge in [0.15, 0.2) is 5.78 Å². The lowest BCUT2D eigenvalue weighted by Crippen LogP contribution is -2.08. The predicted octanol–water partition coefficient (Wildman–Crippen LogP) is 4.40. The number of fused-ring (bicyclic) bond motifs is 1. The van der Waals surface area contributed by atoms with Crippen molar-refractivity contribution in [1.82, 2.24) is 4.98 Å². The van der Waals surface area contributed by atoms with Crippen LogP contribution in [0.5, 0.6) is 0 Å². The second kappa shape index (κ2) is 4.59. The molecule has 4 heteroatoms. The Morgan fingerprint density at radius 3 is 2.89 bits per heavy atom. The van der Waals surface area contributed by atoms with Gasteiger partial charge in [0.05, 0.1) is 0 Å². The Balaban J connectivity index is 2.10. The van der Waals surface area contributed by atoms with Crippen LogP contribution in [0.4, 0.5) is 0 Å². The van der Waals surface area contributed by atoms with Gasteiger partial charge in [0.25, 0.3) is 0 Å². The van der Waals surface area contributed by atoms with E-state index in [1.54, 1.807) is 11.3 Å². The molecule has 0 N–H and O–H groups in total. The van der Waals surface area contributed by atoms with Gasteiger partial charge in [-0.3, -0.25) is 4.79 Å². The van der Waals surface area contributed by atoms with Gasteiger partial charge in [0.1, 0.15) is 10.7 Å². The normalized spacial score (nSPS) is 14.7. The fourth-order valence-corrected chi connectivity index (χ4v) is 3.94. The van der Waals surface area contributed by atoms with E-state index < -0.39 is 0 Å². The van der Waals surface area contributed by atoms with Crippen LogP contribution in [0.1, 0.15) is 33.8 Å². The molecule has 0 saturated heterocycles. The first kappa shape index (κ1) is 12.1. The average Bonchev–Trinajstić information content (AvgIpc) is 2.74. The van der Waals surface area contributed by atoms with Gasteiger partial charge < -0.3 is 0 Å². The van der Waals surface area contributed by atoms with E-state index in [9.17, 15) is 4.79 Å². The maximum absolute atomic E-state index is 11.8. The van der Waals surface area contributed by atoms with Gasteiger partial charge in [-0.1, -0.05) is 22.0 Å². The zero-order valence-electron chi connectivity index (χ0n) is 10.00. The van der Waals surface area contributed by atoms with Crippen molar-refractivity contribution in [3.63, 3.8) is 0 Å². The molecule has 2 aromatic rings. The topological polar surface area (TPSA) is 30.0 Å². The summed E-state index contributed by atoms with van der Waals surface area (Å²) in [6, 6.07) is 6.16. The molecule has 2 nitrogen and oxygen atoms in total. The van der Waals surface area contributed by atoms with Crippen LogP contribution in [0.3, 0.4) is 0 Å². The van der Waals surface area contributed by atoms with Crippen molar-refractivity contribution in [2.24, 2.45) is 0 Å². The minimum Gasteiger partial charge on any atom is -0.292 e. The third-order valence-electron chi connectivity index (χ3n) is 3.19. The highest BCUT2D eigenvalue weighted by Crippen LogP contribution is 2.34. The molecule has 18 heavy (non-hydrogen) atoms. The van der Waals surface area contributed by atoms with Gasteiger partial charge >= 0.3 is 0 Å². The van der Waals surface area contributed by atoms with Crippen molar-refractivity contribution in [1.29, 1.82) is 0 Å². The van der Waals surface area contributed by atoms with E-state index in [0.29, 0.717) is 12.1 Å².